The van der Waals surface area contributed by atoms with Gasteiger partial charge in [-0.3, -0.25) is 0 Å². The second-order valence-corrected chi connectivity index (χ2v) is 7.16. The number of nitrogens with one attached hydrogen (secondary N) is 1. The number of rotatable bonds is 6. The lowest BCUT2D eigenvalue weighted by Gasteiger charge is -2.36. The minimum Gasteiger partial charge on any atom is -0.368 e. The summed E-state index contributed by atoms with van der Waals surface area (Å²) in [7, 11) is 0. The van der Waals surface area contributed by atoms with Crippen molar-refractivity contribution in [1.82, 2.24) is 9.97 Å². The Labute approximate surface area is 167 Å². The molecule has 1 aromatic heterocycles. The first-order chi connectivity index (χ1) is 13.8. The van der Waals surface area contributed by atoms with Gasteiger partial charge in [0.25, 0.3) is 0 Å². The second-order valence-electron chi connectivity index (χ2n) is 7.16. The molecule has 0 amide bonds. The van der Waals surface area contributed by atoms with Crippen molar-refractivity contribution in [2.24, 2.45) is 0 Å². The van der Waals surface area contributed by atoms with E-state index in [1.165, 1.54) is 11.3 Å². The number of nitrogens with zero attached hydrogens (tertiary/aromatic N) is 4. The summed E-state index contributed by atoms with van der Waals surface area (Å²) in [6.45, 7) is 6.81. The number of aryl methyl sites for hydroxylation is 1. The van der Waals surface area contributed by atoms with Gasteiger partial charge in [0, 0.05) is 50.2 Å². The highest BCUT2D eigenvalue weighted by Crippen LogP contribution is 2.20. The van der Waals surface area contributed by atoms with Crippen LogP contribution in [0.25, 0.3) is 0 Å². The van der Waals surface area contributed by atoms with Gasteiger partial charge >= 0.3 is 0 Å². The zero-order chi connectivity index (χ0) is 19.2. The lowest BCUT2D eigenvalue weighted by Crippen LogP contribution is -2.46. The molecular formula is C23H27N5. The molecule has 4 rings (SSSR count). The molecule has 0 radical (unpaired) electrons. The first kappa shape index (κ1) is 18.3. The largest absolute Gasteiger partial charge is 0.368 e. The van der Waals surface area contributed by atoms with Crippen LogP contribution >= 0.6 is 0 Å². The number of aromatic nitrogens is 2. The molecule has 1 N–H and O–H groups in total. The van der Waals surface area contributed by atoms with Crippen LogP contribution < -0.4 is 15.1 Å². The van der Waals surface area contributed by atoms with E-state index in [0.717, 1.165) is 56.6 Å². The topological polar surface area (TPSA) is 44.3 Å². The summed E-state index contributed by atoms with van der Waals surface area (Å²) in [6, 6.07) is 23.2. The Morgan fingerprint density at radius 2 is 1.46 bits per heavy atom. The van der Waals surface area contributed by atoms with Gasteiger partial charge < -0.3 is 15.1 Å². The smallest absolute Gasteiger partial charge is 0.224 e. The summed E-state index contributed by atoms with van der Waals surface area (Å²) < 4.78 is 0. The first-order valence-corrected chi connectivity index (χ1v) is 9.96. The maximum absolute atomic E-state index is 4.77. The van der Waals surface area contributed by atoms with Crippen LogP contribution in [0.15, 0.2) is 66.7 Å². The third kappa shape index (κ3) is 4.60. The van der Waals surface area contributed by atoms with Crippen LogP contribution in [0.5, 0.6) is 0 Å². The van der Waals surface area contributed by atoms with Gasteiger partial charge in [-0.1, -0.05) is 48.5 Å². The molecule has 0 spiro atoms. The minimum atomic E-state index is 0.719. The van der Waals surface area contributed by atoms with E-state index in [4.69, 9.17) is 4.98 Å². The fourth-order valence-electron chi connectivity index (χ4n) is 3.59. The number of piperazine rings is 1. The standard InChI is InChI=1S/C23H27N5/c1-19-18-22(26-23(25-19)24-13-12-20-8-4-2-5-9-20)28-16-14-27(15-17-28)21-10-6-3-7-11-21/h2-11,18H,12-17H2,1H3,(H,24,25,26). The molecule has 28 heavy (non-hydrogen) atoms. The molecule has 5 heteroatoms. The average molecular weight is 374 g/mol. The highest BCUT2D eigenvalue weighted by molar-refractivity contribution is 5.50. The molecule has 0 atom stereocenters. The summed E-state index contributed by atoms with van der Waals surface area (Å²) in [6.07, 6.45) is 0.962. The lowest BCUT2D eigenvalue weighted by molar-refractivity contribution is 0.646. The third-order valence-electron chi connectivity index (χ3n) is 5.11. The molecule has 0 unspecified atom stereocenters. The molecule has 0 aliphatic carbocycles. The summed E-state index contributed by atoms with van der Waals surface area (Å²) in [5.74, 6) is 1.74. The fourth-order valence-corrected chi connectivity index (χ4v) is 3.59. The van der Waals surface area contributed by atoms with Crippen molar-refractivity contribution in [3.05, 3.63) is 78.0 Å². The van der Waals surface area contributed by atoms with Gasteiger partial charge in [0.2, 0.25) is 5.95 Å². The van der Waals surface area contributed by atoms with Gasteiger partial charge in [-0.25, -0.2) is 4.98 Å². The van der Waals surface area contributed by atoms with Crippen LogP contribution in [0.4, 0.5) is 17.5 Å². The van der Waals surface area contributed by atoms with Crippen molar-refractivity contribution in [3.8, 4) is 0 Å². The van der Waals surface area contributed by atoms with Gasteiger partial charge in [0.15, 0.2) is 0 Å². The van der Waals surface area contributed by atoms with Gasteiger partial charge in [0.05, 0.1) is 0 Å². The van der Waals surface area contributed by atoms with Gasteiger partial charge in [-0.05, 0) is 31.0 Å². The second kappa shape index (κ2) is 8.74. The SMILES string of the molecule is Cc1cc(N2CCN(c3ccccc3)CC2)nc(NCCc2ccccc2)n1. The predicted octanol–water partition coefficient (Wildman–Crippen LogP) is 3.77. The molecule has 1 aliphatic rings. The van der Waals surface area contributed by atoms with Crippen molar-refractivity contribution in [3.63, 3.8) is 0 Å². The Morgan fingerprint density at radius 3 is 2.18 bits per heavy atom. The van der Waals surface area contributed by atoms with E-state index in [1.54, 1.807) is 0 Å². The molecular weight excluding hydrogens is 346 g/mol. The Kier molecular flexibility index (Phi) is 5.71. The van der Waals surface area contributed by atoms with E-state index in [-0.39, 0.29) is 0 Å². The van der Waals surface area contributed by atoms with Crippen LogP contribution in [-0.4, -0.2) is 42.7 Å². The minimum absolute atomic E-state index is 0.719. The zero-order valence-electron chi connectivity index (χ0n) is 16.4. The number of hydrogen-bond acceptors (Lipinski definition) is 5. The molecule has 1 saturated heterocycles. The summed E-state index contributed by atoms with van der Waals surface area (Å²) in [5, 5.41) is 3.39. The molecule has 2 heterocycles. The Morgan fingerprint density at radius 1 is 0.821 bits per heavy atom. The lowest BCUT2D eigenvalue weighted by atomic mass is 10.1. The highest BCUT2D eigenvalue weighted by Gasteiger charge is 2.19. The molecule has 3 aromatic rings. The Bertz CT molecular complexity index is 874. The van der Waals surface area contributed by atoms with E-state index in [0.29, 0.717) is 0 Å². The zero-order valence-corrected chi connectivity index (χ0v) is 16.4. The van der Waals surface area contributed by atoms with Crippen molar-refractivity contribution in [2.45, 2.75) is 13.3 Å². The predicted molar refractivity (Wildman–Crippen MR) is 116 cm³/mol. The van der Waals surface area contributed by atoms with E-state index < -0.39 is 0 Å². The van der Waals surface area contributed by atoms with Crippen molar-refractivity contribution in [1.29, 1.82) is 0 Å². The molecule has 0 bridgehead atoms. The molecule has 144 valence electrons. The number of hydrogen-bond donors (Lipinski definition) is 1. The van der Waals surface area contributed by atoms with Crippen molar-refractivity contribution < 1.29 is 0 Å². The highest BCUT2D eigenvalue weighted by atomic mass is 15.3. The van der Waals surface area contributed by atoms with E-state index in [9.17, 15) is 0 Å². The monoisotopic (exact) mass is 373 g/mol. The van der Waals surface area contributed by atoms with Crippen molar-refractivity contribution >= 4 is 17.5 Å². The van der Waals surface area contributed by atoms with Crippen LogP contribution in [0, 0.1) is 6.92 Å². The maximum atomic E-state index is 4.77. The summed E-state index contributed by atoms with van der Waals surface area (Å²) in [5.41, 5.74) is 3.61. The van der Waals surface area contributed by atoms with Crippen LogP contribution in [0.2, 0.25) is 0 Å². The molecule has 1 fully saturated rings. The fraction of sp³-hybridized carbons (Fsp3) is 0.304. The van der Waals surface area contributed by atoms with Gasteiger partial charge in [-0.2, -0.15) is 4.98 Å². The van der Waals surface area contributed by atoms with Crippen molar-refractivity contribution in [2.75, 3.05) is 47.8 Å². The van der Waals surface area contributed by atoms with Gasteiger partial charge in [0.1, 0.15) is 5.82 Å². The maximum Gasteiger partial charge on any atom is 0.224 e. The van der Waals surface area contributed by atoms with Crippen LogP contribution in [-0.2, 0) is 6.42 Å². The van der Waals surface area contributed by atoms with E-state index in [2.05, 4.69) is 80.8 Å². The van der Waals surface area contributed by atoms with Gasteiger partial charge in [-0.15, -0.1) is 0 Å². The molecule has 1 aliphatic heterocycles. The summed E-state index contributed by atoms with van der Waals surface area (Å²) in [4.78, 5) is 14.1. The molecule has 2 aromatic carbocycles. The third-order valence-corrected chi connectivity index (χ3v) is 5.11. The first-order valence-electron chi connectivity index (χ1n) is 9.96. The van der Waals surface area contributed by atoms with E-state index in [1.807, 2.05) is 13.0 Å². The Balaban J connectivity index is 1.36. The van der Waals surface area contributed by atoms with Crippen LogP contribution in [0.3, 0.4) is 0 Å². The summed E-state index contributed by atoms with van der Waals surface area (Å²) >= 11 is 0. The number of anilines is 3. The quantitative estimate of drug-likeness (QED) is 0.713. The molecule has 5 nitrogen and oxygen atoms in total. The molecule has 0 saturated carbocycles. The number of para-hydroxylation sites is 1. The Hall–Kier alpha value is -3.08. The average Bonchev–Trinajstić information content (AvgIpc) is 2.75. The normalized spacial score (nSPS) is 14.2. The van der Waals surface area contributed by atoms with E-state index >= 15 is 0 Å². The number of benzene rings is 2. The van der Waals surface area contributed by atoms with Crippen LogP contribution in [0.1, 0.15) is 11.3 Å².